The zero-order valence-electron chi connectivity index (χ0n) is 11.5. The van der Waals surface area contributed by atoms with Crippen LogP contribution in [0.15, 0.2) is 39.5 Å². The molecule has 1 amide bonds. The highest BCUT2D eigenvalue weighted by molar-refractivity contribution is 5.96. The van der Waals surface area contributed by atoms with E-state index in [2.05, 4.69) is 0 Å². The molecule has 1 aromatic carbocycles. The van der Waals surface area contributed by atoms with Crippen LogP contribution in [0.2, 0.25) is 0 Å². The number of nitrogens with two attached hydrogens (primary N) is 1. The minimum atomic E-state index is -0.616. The Balaban J connectivity index is 1.94. The normalized spacial score (nSPS) is 18.9. The molecule has 1 unspecified atom stereocenters. The maximum Gasteiger partial charge on any atom is 0.349 e. The SMILES string of the molecule is NCC1CN(C(=O)c2cc3ccccc3oc2=O)CCO1. The predicted octanol–water partition coefficient (Wildman–Crippen LogP) is 0.593. The largest absolute Gasteiger partial charge is 0.422 e. The van der Waals surface area contributed by atoms with Gasteiger partial charge in [0.25, 0.3) is 5.91 Å². The maximum absolute atomic E-state index is 12.5. The molecule has 0 radical (unpaired) electrons. The number of para-hydroxylation sites is 1. The Hall–Kier alpha value is -2.18. The molecule has 1 atom stereocenters. The van der Waals surface area contributed by atoms with E-state index in [1.54, 1.807) is 29.2 Å². The summed E-state index contributed by atoms with van der Waals surface area (Å²) in [6.45, 7) is 1.60. The van der Waals surface area contributed by atoms with Crippen LogP contribution in [0.5, 0.6) is 0 Å². The molecule has 3 rings (SSSR count). The van der Waals surface area contributed by atoms with Crippen LogP contribution in [-0.2, 0) is 4.74 Å². The Kier molecular flexibility index (Phi) is 3.72. The molecule has 0 spiro atoms. The first-order valence-electron chi connectivity index (χ1n) is 6.83. The number of hydrogen-bond acceptors (Lipinski definition) is 5. The molecule has 6 heteroatoms. The molecule has 1 aliphatic rings. The third-order valence-electron chi connectivity index (χ3n) is 3.56. The second-order valence-corrected chi connectivity index (χ2v) is 4.97. The summed E-state index contributed by atoms with van der Waals surface area (Å²) in [6.07, 6.45) is -0.185. The highest BCUT2D eigenvalue weighted by Crippen LogP contribution is 2.15. The number of carbonyl (C=O) groups excluding carboxylic acids is 1. The van der Waals surface area contributed by atoms with Gasteiger partial charge in [0.2, 0.25) is 0 Å². The van der Waals surface area contributed by atoms with Crippen LogP contribution in [-0.4, -0.2) is 43.2 Å². The molecule has 6 nitrogen and oxygen atoms in total. The standard InChI is InChI=1S/C15H16N2O4/c16-8-11-9-17(5-6-20-11)14(18)12-7-10-3-1-2-4-13(10)21-15(12)19/h1-4,7,11H,5-6,8-9,16H2. The first-order chi connectivity index (χ1) is 10.2. The van der Waals surface area contributed by atoms with Crippen molar-refractivity contribution in [2.24, 2.45) is 5.73 Å². The Morgan fingerprint density at radius 3 is 3.00 bits per heavy atom. The van der Waals surface area contributed by atoms with Crippen LogP contribution < -0.4 is 11.4 Å². The Labute approximate surface area is 121 Å². The summed E-state index contributed by atoms with van der Waals surface area (Å²) < 4.78 is 10.6. The summed E-state index contributed by atoms with van der Waals surface area (Å²) in [5.41, 5.74) is 5.47. The van der Waals surface area contributed by atoms with Crippen molar-refractivity contribution in [2.75, 3.05) is 26.2 Å². The molecule has 1 aromatic heterocycles. The van der Waals surface area contributed by atoms with E-state index in [0.717, 1.165) is 5.39 Å². The third-order valence-corrected chi connectivity index (χ3v) is 3.56. The number of ether oxygens (including phenoxy) is 1. The van der Waals surface area contributed by atoms with Crippen LogP contribution >= 0.6 is 0 Å². The fourth-order valence-corrected chi connectivity index (χ4v) is 2.43. The van der Waals surface area contributed by atoms with Crippen LogP contribution in [0.3, 0.4) is 0 Å². The lowest BCUT2D eigenvalue weighted by Crippen LogP contribution is -2.48. The molecule has 21 heavy (non-hydrogen) atoms. The van der Waals surface area contributed by atoms with Crippen molar-refractivity contribution in [3.8, 4) is 0 Å². The van der Waals surface area contributed by atoms with Gasteiger partial charge in [-0.05, 0) is 12.1 Å². The average molecular weight is 288 g/mol. The number of fused-ring (bicyclic) bond motifs is 1. The van der Waals surface area contributed by atoms with Crippen LogP contribution in [0.4, 0.5) is 0 Å². The second-order valence-electron chi connectivity index (χ2n) is 4.97. The average Bonchev–Trinajstić information content (AvgIpc) is 2.53. The predicted molar refractivity (Wildman–Crippen MR) is 77.2 cm³/mol. The lowest BCUT2D eigenvalue weighted by atomic mass is 10.1. The zero-order chi connectivity index (χ0) is 14.8. The molecule has 1 fully saturated rings. The third kappa shape index (κ3) is 2.68. The highest BCUT2D eigenvalue weighted by atomic mass is 16.5. The first-order valence-corrected chi connectivity index (χ1v) is 6.83. The minimum Gasteiger partial charge on any atom is -0.422 e. The number of hydrogen-bond donors (Lipinski definition) is 1. The van der Waals surface area contributed by atoms with Gasteiger partial charge in [-0.3, -0.25) is 4.79 Å². The van der Waals surface area contributed by atoms with E-state index in [-0.39, 0.29) is 17.6 Å². The van der Waals surface area contributed by atoms with Crippen molar-refractivity contribution in [2.45, 2.75) is 6.10 Å². The molecule has 1 aliphatic heterocycles. The topological polar surface area (TPSA) is 85.8 Å². The maximum atomic E-state index is 12.5. The second kappa shape index (κ2) is 5.67. The van der Waals surface area contributed by atoms with Gasteiger partial charge in [-0.25, -0.2) is 4.79 Å². The van der Waals surface area contributed by atoms with Crippen LogP contribution in [0.1, 0.15) is 10.4 Å². The van der Waals surface area contributed by atoms with E-state index in [4.69, 9.17) is 14.9 Å². The first kappa shape index (κ1) is 13.8. The van der Waals surface area contributed by atoms with Crippen molar-refractivity contribution >= 4 is 16.9 Å². The Morgan fingerprint density at radius 2 is 2.19 bits per heavy atom. The molecule has 110 valence electrons. The number of nitrogens with zero attached hydrogens (tertiary/aromatic N) is 1. The number of morpholine rings is 1. The fraction of sp³-hybridized carbons (Fsp3) is 0.333. The van der Waals surface area contributed by atoms with Crippen LogP contribution in [0.25, 0.3) is 11.0 Å². The van der Waals surface area contributed by atoms with Gasteiger partial charge in [0.05, 0.1) is 12.7 Å². The molecule has 2 N–H and O–H groups in total. The molecule has 0 bridgehead atoms. The molecule has 0 saturated carbocycles. The lowest BCUT2D eigenvalue weighted by Gasteiger charge is -2.32. The molecule has 1 saturated heterocycles. The van der Waals surface area contributed by atoms with Crippen molar-refractivity contribution < 1.29 is 13.9 Å². The molecule has 0 aliphatic carbocycles. The summed E-state index contributed by atoms with van der Waals surface area (Å²) in [5, 5.41) is 0.726. The molecule has 2 aromatic rings. The Bertz CT molecular complexity index is 725. The summed E-state index contributed by atoms with van der Waals surface area (Å²) in [4.78, 5) is 26.1. The van der Waals surface area contributed by atoms with Crippen LogP contribution in [0, 0.1) is 0 Å². The number of amides is 1. The quantitative estimate of drug-likeness (QED) is 0.818. The summed E-state index contributed by atoms with van der Waals surface area (Å²) >= 11 is 0. The van der Waals surface area contributed by atoms with Crippen molar-refractivity contribution in [1.82, 2.24) is 4.90 Å². The van der Waals surface area contributed by atoms with E-state index >= 15 is 0 Å². The summed E-state index contributed by atoms with van der Waals surface area (Å²) in [6, 6.07) is 8.69. The van der Waals surface area contributed by atoms with E-state index in [0.29, 0.717) is 31.8 Å². The van der Waals surface area contributed by atoms with E-state index in [1.807, 2.05) is 6.07 Å². The van der Waals surface area contributed by atoms with Gasteiger partial charge in [0.1, 0.15) is 11.1 Å². The lowest BCUT2D eigenvalue weighted by molar-refractivity contribution is -0.0168. The molecular weight excluding hydrogens is 272 g/mol. The Morgan fingerprint density at radius 1 is 1.38 bits per heavy atom. The van der Waals surface area contributed by atoms with E-state index < -0.39 is 5.63 Å². The van der Waals surface area contributed by atoms with Crippen molar-refractivity contribution in [3.63, 3.8) is 0 Å². The summed E-state index contributed by atoms with van der Waals surface area (Å²) in [5.74, 6) is -0.337. The fourth-order valence-electron chi connectivity index (χ4n) is 2.43. The van der Waals surface area contributed by atoms with Gasteiger partial charge in [-0.15, -0.1) is 0 Å². The van der Waals surface area contributed by atoms with Crippen molar-refractivity contribution in [1.29, 1.82) is 0 Å². The van der Waals surface area contributed by atoms with Gasteiger partial charge in [-0.1, -0.05) is 18.2 Å². The van der Waals surface area contributed by atoms with Gasteiger partial charge in [0, 0.05) is 25.0 Å². The smallest absolute Gasteiger partial charge is 0.349 e. The molecule has 2 heterocycles. The van der Waals surface area contributed by atoms with Gasteiger partial charge in [0.15, 0.2) is 0 Å². The van der Waals surface area contributed by atoms with Gasteiger partial charge >= 0.3 is 5.63 Å². The number of rotatable bonds is 2. The van der Waals surface area contributed by atoms with Crippen molar-refractivity contribution in [3.05, 3.63) is 46.3 Å². The van der Waals surface area contributed by atoms with E-state index in [9.17, 15) is 9.59 Å². The zero-order valence-corrected chi connectivity index (χ0v) is 11.5. The number of carbonyl (C=O) groups is 1. The van der Waals surface area contributed by atoms with E-state index in [1.165, 1.54) is 0 Å². The minimum absolute atomic E-state index is 0.0476. The number of benzene rings is 1. The summed E-state index contributed by atoms with van der Waals surface area (Å²) in [7, 11) is 0. The monoisotopic (exact) mass is 288 g/mol. The van der Waals surface area contributed by atoms with Gasteiger partial charge < -0.3 is 19.8 Å². The van der Waals surface area contributed by atoms with Gasteiger partial charge in [-0.2, -0.15) is 0 Å². The highest BCUT2D eigenvalue weighted by Gasteiger charge is 2.26. The molecular formula is C15H16N2O4.